The molecule has 0 bridgehead atoms. The first-order valence-electron chi connectivity index (χ1n) is 8.31. The predicted molar refractivity (Wildman–Crippen MR) is 97.1 cm³/mol. The van der Waals surface area contributed by atoms with Crippen LogP contribution in [0.2, 0.25) is 0 Å². The standard InChI is InChI=1S/C17H17FN4O5S/c1-9(23)19-6-12-7-22(17(25)27-12)11-3-4-13(14(18)5-11)16-21-20-15(28-16)8-26-10(2)24/h3-5,12H,6-8H2,1-2H3,(H,19,23)/t12-/m0/s1. The van der Waals surface area contributed by atoms with Crippen LogP contribution >= 0.6 is 11.3 Å². The Balaban J connectivity index is 1.71. The molecular formula is C17H17FN4O5S. The number of carbonyl (C=O) groups excluding carboxylic acids is 3. The number of amides is 2. The van der Waals surface area contributed by atoms with Gasteiger partial charge in [-0.25, -0.2) is 9.18 Å². The second-order valence-corrected chi connectivity index (χ2v) is 7.06. The average molecular weight is 408 g/mol. The van der Waals surface area contributed by atoms with Crippen LogP contribution in [0.5, 0.6) is 0 Å². The maximum atomic E-state index is 14.6. The van der Waals surface area contributed by atoms with Crippen LogP contribution < -0.4 is 10.2 Å². The highest BCUT2D eigenvalue weighted by Gasteiger charge is 2.32. The van der Waals surface area contributed by atoms with Gasteiger partial charge in [0.05, 0.1) is 18.8 Å². The summed E-state index contributed by atoms with van der Waals surface area (Å²) in [7, 11) is 0. The molecule has 0 spiro atoms. The molecule has 148 valence electrons. The van der Waals surface area contributed by atoms with Crippen molar-refractivity contribution in [2.24, 2.45) is 0 Å². The zero-order valence-corrected chi connectivity index (χ0v) is 15.9. The molecule has 28 heavy (non-hydrogen) atoms. The number of carbonyl (C=O) groups is 3. The van der Waals surface area contributed by atoms with Crippen molar-refractivity contribution in [2.45, 2.75) is 26.6 Å². The number of nitrogens with one attached hydrogen (secondary N) is 1. The molecule has 0 unspecified atom stereocenters. The molecule has 2 heterocycles. The smallest absolute Gasteiger partial charge is 0.414 e. The third-order valence-electron chi connectivity index (χ3n) is 3.81. The Morgan fingerprint density at radius 1 is 1.39 bits per heavy atom. The van der Waals surface area contributed by atoms with Crippen molar-refractivity contribution in [1.82, 2.24) is 15.5 Å². The number of rotatable bonds is 6. The molecule has 3 rings (SSSR count). The van der Waals surface area contributed by atoms with Gasteiger partial charge < -0.3 is 14.8 Å². The van der Waals surface area contributed by atoms with Gasteiger partial charge in [0.25, 0.3) is 0 Å². The molecule has 1 N–H and O–H groups in total. The molecule has 0 saturated carbocycles. The Kier molecular flexibility index (Phi) is 5.83. The van der Waals surface area contributed by atoms with E-state index in [9.17, 15) is 18.8 Å². The highest BCUT2D eigenvalue weighted by molar-refractivity contribution is 7.14. The molecule has 1 aliphatic rings. The summed E-state index contributed by atoms with van der Waals surface area (Å²) in [6.07, 6.45) is -1.12. The van der Waals surface area contributed by atoms with Crippen LogP contribution in [-0.4, -0.2) is 47.4 Å². The number of hydrogen-bond donors (Lipinski definition) is 1. The third-order valence-corrected chi connectivity index (χ3v) is 4.74. The lowest BCUT2D eigenvalue weighted by Crippen LogP contribution is -2.33. The summed E-state index contributed by atoms with van der Waals surface area (Å²) >= 11 is 1.11. The molecule has 1 saturated heterocycles. The van der Waals surface area contributed by atoms with Gasteiger partial charge in [0.2, 0.25) is 5.91 Å². The number of hydrogen-bond acceptors (Lipinski definition) is 8. The molecule has 0 radical (unpaired) electrons. The van der Waals surface area contributed by atoms with Crippen LogP contribution in [0, 0.1) is 5.82 Å². The first-order chi connectivity index (χ1) is 13.3. The number of ether oxygens (including phenoxy) is 2. The molecule has 1 aromatic heterocycles. The van der Waals surface area contributed by atoms with Gasteiger partial charge in [-0.2, -0.15) is 0 Å². The van der Waals surface area contributed by atoms with Crippen molar-refractivity contribution in [2.75, 3.05) is 18.0 Å². The Morgan fingerprint density at radius 3 is 2.86 bits per heavy atom. The summed E-state index contributed by atoms with van der Waals surface area (Å²) in [6.45, 7) is 3.01. The van der Waals surface area contributed by atoms with E-state index in [4.69, 9.17) is 9.47 Å². The van der Waals surface area contributed by atoms with E-state index in [0.717, 1.165) is 11.3 Å². The third kappa shape index (κ3) is 4.60. The number of halogens is 1. The van der Waals surface area contributed by atoms with Gasteiger partial charge >= 0.3 is 12.1 Å². The average Bonchev–Trinajstić information content (AvgIpc) is 3.24. The lowest BCUT2D eigenvalue weighted by Gasteiger charge is -2.14. The largest absolute Gasteiger partial charge is 0.458 e. The zero-order valence-electron chi connectivity index (χ0n) is 15.1. The van der Waals surface area contributed by atoms with E-state index in [2.05, 4.69) is 15.5 Å². The predicted octanol–water partition coefficient (Wildman–Crippen LogP) is 1.87. The van der Waals surface area contributed by atoms with Crippen molar-refractivity contribution in [1.29, 1.82) is 0 Å². The van der Waals surface area contributed by atoms with Gasteiger partial charge in [0, 0.05) is 19.4 Å². The number of aromatic nitrogens is 2. The van der Waals surface area contributed by atoms with E-state index < -0.39 is 24.0 Å². The number of anilines is 1. The Bertz CT molecular complexity index is 919. The minimum absolute atomic E-state index is 0.0258. The number of esters is 1. The number of cyclic esters (lactones) is 1. The van der Waals surface area contributed by atoms with Gasteiger partial charge in [-0.15, -0.1) is 10.2 Å². The van der Waals surface area contributed by atoms with Crippen molar-refractivity contribution in [3.63, 3.8) is 0 Å². The van der Waals surface area contributed by atoms with E-state index in [1.54, 1.807) is 6.07 Å². The second kappa shape index (κ2) is 8.30. The van der Waals surface area contributed by atoms with Crippen LogP contribution in [0.4, 0.5) is 14.9 Å². The van der Waals surface area contributed by atoms with Gasteiger partial charge in [-0.1, -0.05) is 11.3 Å². The first kappa shape index (κ1) is 19.7. The fourth-order valence-corrected chi connectivity index (χ4v) is 3.31. The maximum absolute atomic E-state index is 14.6. The summed E-state index contributed by atoms with van der Waals surface area (Å²) in [6, 6.07) is 4.29. The number of benzene rings is 1. The SMILES string of the molecule is CC(=O)NC[C@H]1CN(c2ccc(-c3nnc(COC(C)=O)s3)c(F)c2)C(=O)O1. The first-order valence-corrected chi connectivity index (χ1v) is 9.13. The van der Waals surface area contributed by atoms with Crippen LogP contribution in [-0.2, 0) is 25.7 Å². The van der Waals surface area contributed by atoms with Crippen molar-refractivity contribution >= 4 is 35.0 Å². The molecule has 1 fully saturated rings. The molecule has 0 aliphatic carbocycles. The molecule has 9 nitrogen and oxygen atoms in total. The summed E-state index contributed by atoms with van der Waals surface area (Å²) in [5, 5.41) is 11.1. The minimum atomic E-state index is -0.609. The highest BCUT2D eigenvalue weighted by atomic mass is 32.1. The minimum Gasteiger partial charge on any atom is -0.458 e. The highest BCUT2D eigenvalue weighted by Crippen LogP contribution is 2.30. The Morgan fingerprint density at radius 2 is 2.18 bits per heavy atom. The summed E-state index contributed by atoms with van der Waals surface area (Å²) in [5.41, 5.74) is 0.555. The lowest BCUT2D eigenvalue weighted by atomic mass is 10.2. The molecule has 1 aliphatic heterocycles. The maximum Gasteiger partial charge on any atom is 0.414 e. The molecule has 1 aromatic carbocycles. The summed E-state index contributed by atoms with van der Waals surface area (Å²) < 4.78 is 24.6. The zero-order chi connectivity index (χ0) is 20.3. The topological polar surface area (TPSA) is 111 Å². The molecule has 1 atom stereocenters. The van der Waals surface area contributed by atoms with Crippen LogP contribution in [0.25, 0.3) is 10.6 Å². The number of nitrogens with zero attached hydrogens (tertiary/aromatic N) is 3. The summed E-state index contributed by atoms with van der Waals surface area (Å²) in [5.74, 6) is -1.25. The van der Waals surface area contributed by atoms with Crippen molar-refractivity contribution in [3.8, 4) is 10.6 Å². The van der Waals surface area contributed by atoms with Gasteiger partial charge in [-0.3, -0.25) is 14.5 Å². The lowest BCUT2D eigenvalue weighted by molar-refractivity contribution is -0.142. The normalized spacial score (nSPS) is 16.0. The van der Waals surface area contributed by atoms with Crippen molar-refractivity contribution < 1.29 is 28.2 Å². The van der Waals surface area contributed by atoms with Crippen LogP contribution in [0.15, 0.2) is 18.2 Å². The van der Waals surface area contributed by atoms with E-state index in [1.807, 2.05) is 0 Å². The van der Waals surface area contributed by atoms with E-state index in [-0.39, 0.29) is 31.2 Å². The summed E-state index contributed by atoms with van der Waals surface area (Å²) in [4.78, 5) is 35.2. The van der Waals surface area contributed by atoms with E-state index >= 15 is 0 Å². The van der Waals surface area contributed by atoms with Gasteiger partial charge in [-0.05, 0) is 18.2 Å². The molecule has 2 amide bonds. The Hall–Kier alpha value is -3.08. The fraction of sp³-hybridized carbons (Fsp3) is 0.353. The molecule has 11 heteroatoms. The van der Waals surface area contributed by atoms with Gasteiger partial charge in [0.15, 0.2) is 10.0 Å². The fourth-order valence-electron chi connectivity index (χ4n) is 2.53. The van der Waals surface area contributed by atoms with Crippen molar-refractivity contribution in [3.05, 3.63) is 29.0 Å². The monoisotopic (exact) mass is 408 g/mol. The molecular weight excluding hydrogens is 391 g/mol. The molecule has 2 aromatic rings. The second-order valence-electron chi connectivity index (χ2n) is 6.00. The van der Waals surface area contributed by atoms with E-state index in [0.29, 0.717) is 15.7 Å². The quantitative estimate of drug-likeness (QED) is 0.727. The van der Waals surface area contributed by atoms with Crippen LogP contribution in [0.3, 0.4) is 0 Å². The van der Waals surface area contributed by atoms with Crippen LogP contribution in [0.1, 0.15) is 18.9 Å². The van der Waals surface area contributed by atoms with E-state index in [1.165, 1.54) is 30.9 Å². The Labute approximate surface area is 163 Å². The van der Waals surface area contributed by atoms with Gasteiger partial charge in [0.1, 0.15) is 18.5 Å².